The zero-order valence-electron chi connectivity index (χ0n) is 9.89. The van der Waals surface area contributed by atoms with Gasteiger partial charge in [-0.15, -0.1) is 0 Å². The molecule has 0 heterocycles. The number of amides is 2. The van der Waals surface area contributed by atoms with Crippen LogP contribution in [0, 0.1) is 3.57 Å². The van der Waals surface area contributed by atoms with Crippen molar-refractivity contribution in [1.29, 1.82) is 0 Å². The summed E-state index contributed by atoms with van der Waals surface area (Å²) in [6.45, 7) is 0. The molecule has 0 fully saturated rings. The molecule has 1 unspecified atom stereocenters. The first-order valence-electron chi connectivity index (χ1n) is 5.26. The van der Waals surface area contributed by atoms with Gasteiger partial charge < -0.3 is 20.8 Å². The minimum absolute atomic E-state index is 0.289. The SMILES string of the molecule is O=C(O)CC(NC(=O)Nc1ccc(I)cc1Cl)C(=O)O. The van der Waals surface area contributed by atoms with E-state index in [-0.39, 0.29) is 5.02 Å². The standard InChI is InChI=1S/C11H10ClIN2O5/c12-6-3-5(13)1-2-7(6)14-11(20)15-8(10(18)19)4-9(16)17/h1-3,8H,4H2,(H,16,17)(H,18,19)(H2,14,15,20). The maximum Gasteiger partial charge on any atom is 0.326 e. The molecule has 9 heteroatoms. The molecule has 0 aliphatic carbocycles. The van der Waals surface area contributed by atoms with E-state index in [1.54, 1.807) is 18.2 Å². The van der Waals surface area contributed by atoms with Crippen molar-refractivity contribution >= 4 is 57.8 Å². The summed E-state index contributed by atoms with van der Waals surface area (Å²) in [5, 5.41) is 22.0. The largest absolute Gasteiger partial charge is 0.481 e. The van der Waals surface area contributed by atoms with Crippen molar-refractivity contribution in [2.75, 3.05) is 5.32 Å². The molecular formula is C11H10ClIN2O5. The molecule has 0 aliphatic heterocycles. The van der Waals surface area contributed by atoms with Crippen LogP contribution >= 0.6 is 34.2 Å². The van der Waals surface area contributed by atoms with Crippen molar-refractivity contribution in [1.82, 2.24) is 5.32 Å². The van der Waals surface area contributed by atoms with Crippen molar-refractivity contribution in [2.45, 2.75) is 12.5 Å². The third-order valence-corrected chi connectivity index (χ3v) is 3.15. The molecule has 0 aliphatic rings. The molecular weight excluding hydrogens is 402 g/mol. The van der Waals surface area contributed by atoms with E-state index in [1.807, 2.05) is 27.9 Å². The lowest BCUT2D eigenvalue weighted by atomic mass is 10.2. The number of carboxylic acids is 2. The van der Waals surface area contributed by atoms with E-state index in [9.17, 15) is 14.4 Å². The summed E-state index contributed by atoms with van der Waals surface area (Å²) < 4.78 is 0.868. The second-order valence-electron chi connectivity index (χ2n) is 3.71. The van der Waals surface area contributed by atoms with Gasteiger partial charge in [0.1, 0.15) is 6.04 Å². The Hall–Kier alpha value is -1.55. The number of hydrogen-bond acceptors (Lipinski definition) is 3. The van der Waals surface area contributed by atoms with Gasteiger partial charge in [0.05, 0.1) is 17.1 Å². The van der Waals surface area contributed by atoms with Gasteiger partial charge in [0.15, 0.2) is 0 Å². The van der Waals surface area contributed by atoms with Crippen LogP contribution in [0.25, 0.3) is 0 Å². The molecule has 0 radical (unpaired) electrons. The lowest BCUT2D eigenvalue weighted by molar-refractivity contribution is -0.145. The highest BCUT2D eigenvalue weighted by Crippen LogP contribution is 2.23. The highest BCUT2D eigenvalue weighted by Gasteiger charge is 2.23. The third kappa shape index (κ3) is 5.21. The monoisotopic (exact) mass is 412 g/mol. The van der Waals surface area contributed by atoms with Gasteiger partial charge in [-0.3, -0.25) is 4.79 Å². The molecule has 1 aromatic carbocycles. The van der Waals surface area contributed by atoms with Gasteiger partial charge in [-0.2, -0.15) is 0 Å². The van der Waals surface area contributed by atoms with Crippen LogP contribution in [0.3, 0.4) is 0 Å². The number of carbonyl (C=O) groups is 3. The fraction of sp³-hybridized carbons (Fsp3) is 0.182. The number of anilines is 1. The van der Waals surface area contributed by atoms with E-state index in [1.165, 1.54) is 0 Å². The van der Waals surface area contributed by atoms with Crippen LogP contribution in [0.15, 0.2) is 18.2 Å². The first-order valence-corrected chi connectivity index (χ1v) is 6.72. The Balaban J connectivity index is 2.70. The Morgan fingerprint density at radius 2 is 1.95 bits per heavy atom. The predicted molar refractivity (Wildman–Crippen MR) is 80.0 cm³/mol. The molecule has 1 atom stereocenters. The number of nitrogens with one attached hydrogen (secondary N) is 2. The van der Waals surface area contributed by atoms with E-state index < -0.39 is 30.4 Å². The lowest BCUT2D eigenvalue weighted by Crippen LogP contribution is -2.44. The molecule has 1 rings (SSSR count). The van der Waals surface area contributed by atoms with Crippen molar-refractivity contribution < 1.29 is 24.6 Å². The van der Waals surface area contributed by atoms with Crippen molar-refractivity contribution in [2.24, 2.45) is 0 Å². The molecule has 0 saturated carbocycles. The van der Waals surface area contributed by atoms with Gasteiger partial charge in [0.25, 0.3) is 0 Å². The summed E-state index contributed by atoms with van der Waals surface area (Å²) in [7, 11) is 0. The maximum atomic E-state index is 11.6. The second kappa shape index (κ2) is 7.29. The number of rotatable bonds is 5. The summed E-state index contributed by atoms with van der Waals surface area (Å²) in [5.74, 6) is -2.76. The van der Waals surface area contributed by atoms with E-state index in [0.29, 0.717) is 5.69 Å². The van der Waals surface area contributed by atoms with Gasteiger partial charge >= 0.3 is 18.0 Å². The number of aliphatic carboxylic acids is 2. The molecule has 1 aromatic rings. The lowest BCUT2D eigenvalue weighted by Gasteiger charge is -2.14. The zero-order chi connectivity index (χ0) is 15.3. The highest BCUT2D eigenvalue weighted by atomic mass is 127. The summed E-state index contributed by atoms with van der Waals surface area (Å²) in [6, 6.07) is 2.51. The van der Waals surface area contributed by atoms with Crippen molar-refractivity contribution in [3.63, 3.8) is 0 Å². The van der Waals surface area contributed by atoms with E-state index in [4.69, 9.17) is 21.8 Å². The topological polar surface area (TPSA) is 116 Å². The fourth-order valence-corrected chi connectivity index (χ4v) is 2.19. The van der Waals surface area contributed by atoms with Crippen molar-refractivity contribution in [3.05, 3.63) is 26.8 Å². The van der Waals surface area contributed by atoms with Crippen LogP contribution in [0.4, 0.5) is 10.5 Å². The first kappa shape index (κ1) is 16.5. The molecule has 20 heavy (non-hydrogen) atoms. The number of carboxylic acid groups (broad SMARTS) is 2. The van der Waals surface area contributed by atoms with Gasteiger partial charge in [-0.05, 0) is 40.8 Å². The zero-order valence-corrected chi connectivity index (χ0v) is 12.8. The minimum Gasteiger partial charge on any atom is -0.481 e. The minimum atomic E-state index is -1.52. The van der Waals surface area contributed by atoms with E-state index in [0.717, 1.165) is 3.57 Å². The van der Waals surface area contributed by atoms with Crippen LogP contribution in [-0.4, -0.2) is 34.2 Å². The number of carbonyl (C=O) groups excluding carboxylic acids is 1. The number of urea groups is 1. The molecule has 0 saturated heterocycles. The average Bonchev–Trinajstić information content (AvgIpc) is 2.31. The number of hydrogen-bond donors (Lipinski definition) is 4. The van der Waals surface area contributed by atoms with Crippen molar-refractivity contribution in [3.8, 4) is 0 Å². The second-order valence-corrected chi connectivity index (χ2v) is 5.36. The van der Waals surface area contributed by atoms with Gasteiger partial charge in [-0.1, -0.05) is 11.6 Å². The molecule has 7 nitrogen and oxygen atoms in total. The summed E-state index contributed by atoms with van der Waals surface area (Å²) in [5.41, 5.74) is 0.295. The molecule has 2 amide bonds. The van der Waals surface area contributed by atoms with Crippen LogP contribution in [0.1, 0.15) is 6.42 Å². The van der Waals surface area contributed by atoms with Crippen LogP contribution < -0.4 is 10.6 Å². The predicted octanol–water partition coefficient (Wildman–Crippen LogP) is 1.99. The Morgan fingerprint density at radius 3 is 2.45 bits per heavy atom. The quantitative estimate of drug-likeness (QED) is 0.552. The molecule has 0 spiro atoms. The normalized spacial score (nSPS) is 11.5. The summed E-state index contributed by atoms with van der Waals surface area (Å²) in [4.78, 5) is 32.9. The molecule has 108 valence electrons. The molecule has 0 aromatic heterocycles. The Morgan fingerprint density at radius 1 is 1.30 bits per heavy atom. The van der Waals surface area contributed by atoms with E-state index >= 15 is 0 Å². The van der Waals surface area contributed by atoms with E-state index in [2.05, 4.69) is 5.32 Å². The average molecular weight is 413 g/mol. The third-order valence-electron chi connectivity index (χ3n) is 2.16. The Kier molecular flexibility index (Phi) is 6.02. The van der Waals surface area contributed by atoms with Crippen LogP contribution in [0.2, 0.25) is 5.02 Å². The number of benzene rings is 1. The fourth-order valence-electron chi connectivity index (χ4n) is 1.28. The highest BCUT2D eigenvalue weighted by molar-refractivity contribution is 14.1. The van der Waals surface area contributed by atoms with Gasteiger partial charge in [0.2, 0.25) is 0 Å². The smallest absolute Gasteiger partial charge is 0.326 e. The summed E-state index contributed by atoms with van der Waals surface area (Å²) in [6.07, 6.45) is -0.719. The molecule has 4 N–H and O–H groups in total. The summed E-state index contributed by atoms with van der Waals surface area (Å²) >= 11 is 7.94. The molecule has 0 bridgehead atoms. The maximum absolute atomic E-state index is 11.6. The van der Waals surface area contributed by atoms with Gasteiger partial charge in [-0.25, -0.2) is 9.59 Å². The Bertz CT molecular complexity index is 552. The van der Waals surface area contributed by atoms with Crippen LogP contribution in [-0.2, 0) is 9.59 Å². The first-order chi connectivity index (χ1) is 9.29. The number of halogens is 2. The Labute approximate surface area is 132 Å². The van der Waals surface area contributed by atoms with Crippen LogP contribution in [0.5, 0.6) is 0 Å². The van der Waals surface area contributed by atoms with Gasteiger partial charge in [0, 0.05) is 3.57 Å².